The maximum Gasteiger partial charge on any atom is 0.141 e. The minimum atomic E-state index is -0.159. The summed E-state index contributed by atoms with van der Waals surface area (Å²) >= 11 is 0. The number of aryl methyl sites for hydroxylation is 1. The van der Waals surface area contributed by atoms with Crippen molar-refractivity contribution in [2.75, 3.05) is 7.11 Å². The highest BCUT2D eigenvalue weighted by molar-refractivity contribution is 5.74. The van der Waals surface area contributed by atoms with E-state index in [1.165, 1.54) is 5.56 Å². The molecule has 1 N–H and O–H groups in total. The number of H-pyrrole nitrogens is 1. The fraction of sp³-hybridized carbons (Fsp3) is 0.188. The van der Waals surface area contributed by atoms with Gasteiger partial charge >= 0.3 is 0 Å². The third-order valence-electron chi connectivity index (χ3n) is 3.27. The number of rotatable bonds is 3. The molecule has 96 valence electrons. The van der Waals surface area contributed by atoms with Gasteiger partial charge < -0.3 is 9.72 Å². The van der Waals surface area contributed by atoms with Gasteiger partial charge in [-0.15, -0.1) is 0 Å². The molecule has 0 saturated carbocycles. The molecular weight excluding hydrogens is 236 g/mol. The van der Waals surface area contributed by atoms with Gasteiger partial charge in [-0.3, -0.25) is 0 Å². The summed E-state index contributed by atoms with van der Waals surface area (Å²) in [5.41, 5.74) is 4.34. The molecule has 1 atom stereocenters. The van der Waals surface area contributed by atoms with Gasteiger partial charge in [0.05, 0.1) is 11.0 Å². The van der Waals surface area contributed by atoms with E-state index in [0.717, 1.165) is 22.4 Å². The van der Waals surface area contributed by atoms with E-state index in [1.54, 1.807) is 7.11 Å². The molecule has 3 nitrogen and oxygen atoms in total. The zero-order valence-corrected chi connectivity index (χ0v) is 11.1. The summed E-state index contributed by atoms with van der Waals surface area (Å²) in [4.78, 5) is 7.93. The molecule has 0 saturated heterocycles. The van der Waals surface area contributed by atoms with Gasteiger partial charge in [-0.2, -0.15) is 0 Å². The molecule has 0 bridgehead atoms. The van der Waals surface area contributed by atoms with Crippen LogP contribution in [0.3, 0.4) is 0 Å². The summed E-state index contributed by atoms with van der Waals surface area (Å²) in [5.74, 6) is 0.840. The maximum atomic E-state index is 5.60. The van der Waals surface area contributed by atoms with Crippen molar-refractivity contribution in [3.05, 3.63) is 65.5 Å². The number of para-hydroxylation sites is 2. The first-order valence-corrected chi connectivity index (χ1v) is 6.32. The van der Waals surface area contributed by atoms with Crippen LogP contribution >= 0.6 is 0 Å². The monoisotopic (exact) mass is 252 g/mol. The quantitative estimate of drug-likeness (QED) is 0.773. The van der Waals surface area contributed by atoms with Crippen molar-refractivity contribution in [1.82, 2.24) is 9.97 Å². The minimum Gasteiger partial charge on any atom is -0.369 e. The molecule has 3 rings (SSSR count). The van der Waals surface area contributed by atoms with Gasteiger partial charge in [-0.25, -0.2) is 4.98 Å². The topological polar surface area (TPSA) is 37.9 Å². The van der Waals surface area contributed by atoms with Crippen LogP contribution in [0.4, 0.5) is 0 Å². The van der Waals surface area contributed by atoms with Crippen molar-refractivity contribution in [3.8, 4) is 0 Å². The Morgan fingerprint density at radius 2 is 1.79 bits per heavy atom. The van der Waals surface area contributed by atoms with Crippen molar-refractivity contribution >= 4 is 11.0 Å². The third kappa shape index (κ3) is 2.25. The second-order valence-corrected chi connectivity index (χ2v) is 4.67. The number of aromatic nitrogens is 2. The molecule has 1 heterocycles. The van der Waals surface area contributed by atoms with Crippen LogP contribution in [-0.4, -0.2) is 17.1 Å². The highest BCUT2D eigenvalue weighted by Crippen LogP contribution is 2.25. The zero-order valence-electron chi connectivity index (χ0n) is 11.1. The molecule has 1 aromatic heterocycles. The smallest absolute Gasteiger partial charge is 0.141 e. The normalized spacial score (nSPS) is 12.7. The van der Waals surface area contributed by atoms with Gasteiger partial charge in [0.2, 0.25) is 0 Å². The Morgan fingerprint density at radius 3 is 2.47 bits per heavy atom. The summed E-state index contributed by atoms with van der Waals surface area (Å²) in [6.45, 7) is 2.08. The number of nitrogens with one attached hydrogen (secondary N) is 1. The fourth-order valence-corrected chi connectivity index (χ4v) is 2.24. The molecule has 0 unspecified atom stereocenters. The highest BCUT2D eigenvalue weighted by atomic mass is 16.5. The number of nitrogens with zero attached hydrogens (tertiary/aromatic N) is 1. The van der Waals surface area contributed by atoms with Crippen LogP contribution in [0.25, 0.3) is 11.0 Å². The summed E-state index contributed by atoms with van der Waals surface area (Å²) in [6, 6.07) is 16.3. The van der Waals surface area contributed by atoms with E-state index < -0.39 is 0 Å². The standard InChI is InChI=1S/C16H16N2O/c1-11-7-9-12(10-8-11)15(19-2)16-17-13-5-3-4-6-14(13)18-16/h3-10,15H,1-2H3,(H,17,18)/t15-/m0/s1. The summed E-state index contributed by atoms with van der Waals surface area (Å²) < 4.78 is 5.60. The molecule has 0 aliphatic heterocycles. The van der Waals surface area contributed by atoms with Gasteiger partial charge in [0.1, 0.15) is 11.9 Å². The maximum absolute atomic E-state index is 5.60. The number of benzene rings is 2. The molecule has 2 aromatic carbocycles. The van der Waals surface area contributed by atoms with Gasteiger partial charge in [-0.05, 0) is 24.6 Å². The third-order valence-corrected chi connectivity index (χ3v) is 3.27. The van der Waals surface area contributed by atoms with E-state index in [1.807, 2.05) is 24.3 Å². The number of imidazole rings is 1. The van der Waals surface area contributed by atoms with Crippen LogP contribution in [0.5, 0.6) is 0 Å². The lowest BCUT2D eigenvalue weighted by atomic mass is 10.1. The Balaban J connectivity index is 2.04. The number of hydrogen-bond acceptors (Lipinski definition) is 2. The summed E-state index contributed by atoms with van der Waals surface area (Å²) in [7, 11) is 1.71. The number of methoxy groups -OCH3 is 1. The first-order chi connectivity index (χ1) is 9.28. The lowest BCUT2D eigenvalue weighted by Crippen LogP contribution is -2.05. The molecular formula is C16H16N2O. The number of ether oxygens (including phenoxy) is 1. The van der Waals surface area contributed by atoms with E-state index >= 15 is 0 Å². The summed E-state index contributed by atoms with van der Waals surface area (Å²) in [5, 5.41) is 0. The molecule has 0 aliphatic carbocycles. The predicted molar refractivity (Wildman–Crippen MR) is 76.1 cm³/mol. The molecule has 0 amide bonds. The van der Waals surface area contributed by atoms with Crippen LogP contribution in [0.15, 0.2) is 48.5 Å². The van der Waals surface area contributed by atoms with E-state index in [0.29, 0.717) is 0 Å². The average molecular weight is 252 g/mol. The predicted octanol–water partition coefficient (Wildman–Crippen LogP) is 3.61. The van der Waals surface area contributed by atoms with Gasteiger partial charge in [0.25, 0.3) is 0 Å². The van der Waals surface area contributed by atoms with E-state index in [-0.39, 0.29) is 6.10 Å². The Bertz CT molecular complexity index is 652. The lowest BCUT2D eigenvalue weighted by molar-refractivity contribution is 0.130. The Kier molecular flexibility index (Phi) is 3.05. The number of hydrogen-bond donors (Lipinski definition) is 1. The van der Waals surface area contributed by atoms with Gasteiger partial charge in [-0.1, -0.05) is 42.0 Å². The Hall–Kier alpha value is -2.13. The largest absolute Gasteiger partial charge is 0.369 e. The molecule has 3 heteroatoms. The second kappa shape index (κ2) is 4.86. The van der Waals surface area contributed by atoms with E-state index in [9.17, 15) is 0 Å². The lowest BCUT2D eigenvalue weighted by Gasteiger charge is -2.13. The number of aromatic amines is 1. The molecule has 0 fully saturated rings. The van der Waals surface area contributed by atoms with Crippen molar-refractivity contribution in [2.24, 2.45) is 0 Å². The molecule has 0 radical (unpaired) electrons. The van der Waals surface area contributed by atoms with Crippen molar-refractivity contribution in [2.45, 2.75) is 13.0 Å². The van der Waals surface area contributed by atoms with Crippen LogP contribution in [0, 0.1) is 6.92 Å². The second-order valence-electron chi connectivity index (χ2n) is 4.67. The first-order valence-electron chi connectivity index (χ1n) is 6.32. The van der Waals surface area contributed by atoms with Crippen molar-refractivity contribution in [1.29, 1.82) is 0 Å². The van der Waals surface area contributed by atoms with Gasteiger partial charge in [0, 0.05) is 7.11 Å². The minimum absolute atomic E-state index is 0.159. The van der Waals surface area contributed by atoms with Crippen LogP contribution in [0.2, 0.25) is 0 Å². The van der Waals surface area contributed by atoms with Crippen molar-refractivity contribution in [3.63, 3.8) is 0 Å². The van der Waals surface area contributed by atoms with Crippen molar-refractivity contribution < 1.29 is 4.74 Å². The summed E-state index contributed by atoms with van der Waals surface area (Å²) in [6.07, 6.45) is -0.159. The van der Waals surface area contributed by atoms with Crippen LogP contribution in [-0.2, 0) is 4.74 Å². The van der Waals surface area contributed by atoms with Gasteiger partial charge in [0.15, 0.2) is 0 Å². The molecule has 3 aromatic rings. The Labute approximate surface area is 112 Å². The first kappa shape index (κ1) is 11.9. The zero-order chi connectivity index (χ0) is 13.2. The average Bonchev–Trinajstić information content (AvgIpc) is 2.85. The highest BCUT2D eigenvalue weighted by Gasteiger charge is 2.17. The molecule has 19 heavy (non-hydrogen) atoms. The van der Waals surface area contributed by atoms with Crippen LogP contribution < -0.4 is 0 Å². The van der Waals surface area contributed by atoms with E-state index in [4.69, 9.17) is 4.74 Å². The SMILES string of the molecule is CO[C@@H](c1ccc(C)cc1)c1nc2ccccc2[nH]1. The van der Waals surface area contributed by atoms with Crippen LogP contribution in [0.1, 0.15) is 23.1 Å². The number of fused-ring (bicyclic) bond motifs is 1. The fourth-order valence-electron chi connectivity index (χ4n) is 2.24. The molecule has 0 spiro atoms. The molecule has 0 aliphatic rings. The van der Waals surface area contributed by atoms with E-state index in [2.05, 4.69) is 41.2 Å². The Morgan fingerprint density at radius 1 is 1.05 bits per heavy atom.